The minimum absolute atomic E-state index is 0.0803. The van der Waals surface area contributed by atoms with Gasteiger partial charge in [-0.15, -0.1) is 0 Å². The molecular formula is C38H58O8. The van der Waals surface area contributed by atoms with E-state index >= 15 is 0 Å². The first-order valence-electron chi connectivity index (χ1n) is 18.7. The highest BCUT2D eigenvalue weighted by Gasteiger charge is 2.70. The molecule has 4 bridgehead atoms. The molecule has 2 unspecified atom stereocenters. The number of allylic oxidation sites excluding steroid dienone is 2. The summed E-state index contributed by atoms with van der Waals surface area (Å²) < 4.78 is 26.8. The van der Waals surface area contributed by atoms with Gasteiger partial charge in [-0.1, -0.05) is 52.0 Å². The van der Waals surface area contributed by atoms with Gasteiger partial charge in [0.15, 0.2) is 23.8 Å². The molecular weight excluding hydrogens is 584 g/mol. The number of rotatable bonds is 7. The molecule has 10 rings (SSSR count). The lowest BCUT2D eigenvalue weighted by atomic mass is 9.57. The summed E-state index contributed by atoms with van der Waals surface area (Å²) in [6.45, 7) is 22.4. The van der Waals surface area contributed by atoms with Gasteiger partial charge in [-0.3, -0.25) is 0 Å². The Hall–Kier alpha value is -0.840. The minimum atomic E-state index is -0.743. The third-order valence-electron chi connectivity index (χ3n) is 14.6. The lowest BCUT2D eigenvalue weighted by Crippen LogP contribution is -2.70. The minimum Gasteiger partial charge on any atom is -0.346 e. The van der Waals surface area contributed by atoms with Crippen LogP contribution in [0.1, 0.15) is 119 Å². The first kappa shape index (κ1) is 32.4. The summed E-state index contributed by atoms with van der Waals surface area (Å²) in [5, 5.41) is 0. The Morgan fingerprint density at radius 1 is 0.565 bits per heavy atom. The molecule has 8 heteroatoms. The van der Waals surface area contributed by atoms with E-state index in [1.54, 1.807) is 0 Å². The van der Waals surface area contributed by atoms with Crippen molar-refractivity contribution < 1.29 is 38.5 Å². The summed E-state index contributed by atoms with van der Waals surface area (Å²) in [6.07, 6.45) is 11.4. The molecule has 258 valence electrons. The molecule has 2 spiro atoms. The van der Waals surface area contributed by atoms with Crippen LogP contribution < -0.4 is 0 Å². The van der Waals surface area contributed by atoms with Crippen LogP contribution in [0.3, 0.4) is 0 Å². The van der Waals surface area contributed by atoms with E-state index in [0.717, 1.165) is 75.4 Å². The summed E-state index contributed by atoms with van der Waals surface area (Å²) in [5.41, 5.74) is 1.21. The highest BCUT2D eigenvalue weighted by molar-refractivity contribution is 5.25. The Labute approximate surface area is 276 Å². The second-order valence-corrected chi connectivity index (χ2v) is 17.2. The Kier molecular flexibility index (Phi) is 7.98. The van der Waals surface area contributed by atoms with Crippen molar-refractivity contribution in [2.75, 3.05) is 0 Å². The molecule has 8 nitrogen and oxygen atoms in total. The van der Waals surface area contributed by atoms with Crippen molar-refractivity contribution in [3.05, 3.63) is 24.3 Å². The van der Waals surface area contributed by atoms with Gasteiger partial charge in [-0.05, 0) is 114 Å². The molecule has 8 heterocycles. The first-order valence-corrected chi connectivity index (χ1v) is 18.7. The molecule has 8 aliphatic heterocycles. The molecule has 8 saturated heterocycles. The van der Waals surface area contributed by atoms with Crippen LogP contribution in [-0.2, 0) is 38.5 Å². The van der Waals surface area contributed by atoms with Gasteiger partial charge in [0.1, 0.15) is 0 Å². The zero-order valence-corrected chi connectivity index (χ0v) is 29.1. The second-order valence-electron chi connectivity index (χ2n) is 17.2. The van der Waals surface area contributed by atoms with Crippen molar-refractivity contribution in [3.8, 4) is 0 Å². The Morgan fingerprint density at radius 3 is 1.39 bits per heavy atom. The van der Waals surface area contributed by atoms with Gasteiger partial charge < -0.3 is 18.9 Å². The van der Waals surface area contributed by atoms with Gasteiger partial charge in [-0.2, -0.15) is 0 Å². The summed E-state index contributed by atoms with van der Waals surface area (Å²) in [7, 11) is 0. The predicted molar refractivity (Wildman–Crippen MR) is 170 cm³/mol. The van der Waals surface area contributed by atoms with Crippen molar-refractivity contribution in [3.63, 3.8) is 0 Å². The van der Waals surface area contributed by atoms with E-state index in [0.29, 0.717) is 47.3 Å². The third kappa shape index (κ3) is 4.74. The van der Waals surface area contributed by atoms with E-state index in [2.05, 4.69) is 40.9 Å². The predicted octanol–water partition coefficient (Wildman–Crippen LogP) is 8.16. The van der Waals surface area contributed by atoms with Crippen LogP contribution in [0.2, 0.25) is 0 Å². The van der Waals surface area contributed by atoms with Crippen LogP contribution >= 0.6 is 0 Å². The summed E-state index contributed by atoms with van der Waals surface area (Å²) >= 11 is 0. The monoisotopic (exact) mass is 642 g/mol. The third-order valence-corrected chi connectivity index (χ3v) is 14.6. The van der Waals surface area contributed by atoms with E-state index in [-0.39, 0.29) is 12.2 Å². The van der Waals surface area contributed by atoms with E-state index in [4.69, 9.17) is 38.5 Å². The van der Waals surface area contributed by atoms with Crippen LogP contribution in [0.25, 0.3) is 0 Å². The average molecular weight is 643 g/mol. The molecule has 16 atom stereocenters. The van der Waals surface area contributed by atoms with Crippen LogP contribution in [0.5, 0.6) is 0 Å². The molecule has 0 amide bonds. The van der Waals surface area contributed by atoms with Crippen LogP contribution in [0.4, 0.5) is 0 Å². The highest BCUT2D eigenvalue weighted by atomic mass is 17.3. The largest absolute Gasteiger partial charge is 0.346 e. The first-order chi connectivity index (χ1) is 21.9. The van der Waals surface area contributed by atoms with Crippen molar-refractivity contribution in [1.29, 1.82) is 0 Å². The molecule has 10 fully saturated rings. The van der Waals surface area contributed by atoms with Crippen LogP contribution in [0.15, 0.2) is 24.3 Å². The topological polar surface area (TPSA) is 73.8 Å². The molecule has 0 aromatic carbocycles. The average Bonchev–Trinajstić information content (AvgIpc) is 3.40. The molecule has 0 aromatic heterocycles. The maximum Gasteiger partial charge on any atom is 0.201 e. The fourth-order valence-corrected chi connectivity index (χ4v) is 11.6. The quantitative estimate of drug-likeness (QED) is 0.204. The van der Waals surface area contributed by atoms with Gasteiger partial charge in [0, 0.05) is 24.7 Å². The molecule has 2 saturated carbocycles. The van der Waals surface area contributed by atoms with E-state index < -0.39 is 35.4 Å². The standard InChI is InChI=1S/C38H58O8/c1-21(11-15-31-25(5)29-13-9-23(3)27-17-19-35(7)41-33(39-31)37(27,29)45-43-35)22(2)12-16-32-26(6)30-14-10-24(4)28-18-20-36(8)42-34(40-32)38(28,30)46-44-36/h23-34H,1-2,9-20H2,3-8H3/t23-,24-,25-,26-,27+,28+,29+,30+,31-,32-,33-,34-,35?,36?,37-,38-/m1/s1. The molecule has 2 aliphatic carbocycles. The fourth-order valence-electron chi connectivity index (χ4n) is 11.6. The SMILES string of the molecule is C=C(CC[C@H]1O[C@@H]2OC3(C)CC[C@H]4[C@H](C)CC[C@@H]([C@H]1C)[C@@]24OO3)C(=C)CC[C@H]1O[C@@H]2OC3(C)CC[C@H]4[C@H](C)CC[C@@H]([C@H]1C)[C@@]24OO3. The Morgan fingerprint density at radius 2 is 0.978 bits per heavy atom. The lowest BCUT2D eigenvalue weighted by molar-refractivity contribution is -0.571. The lowest BCUT2D eigenvalue weighted by Gasteiger charge is -2.60. The Bertz CT molecular complexity index is 1130. The maximum absolute atomic E-state index is 6.84. The van der Waals surface area contributed by atoms with Crippen LogP contribution in [-0.4, -0.2) is 47.6 Å². The molecule has 0 N–H and O–H groups in total. The number of hydrogen-bond donors (Lipinski definition) is 0. The number of hydrogen-bond acceptors (Lipinski definition) is 8. The maximum atomic E-state index is 6.84. The summed E-state index contributed by atoms with van der Waals surface area (Å²) in [4.78, 5) is 24.7. The van der Waals surface area contributed by atoms with Crippen molar-refractivity contribution in [2.45, 2.75) is 166 Å². The van der Waals surface area contributed by atoms with Gasteiger partial charge >= 0.3 is 0 Å². The number of ether oxygens (including phenoxy) is 4. The zero-order chi connectivity index (χ0) is 32.2. The normalized spacial score (nSPS) is 55.5. The van der Waals surface area contributed by atoms with E-state index in [1.807, 2.05) is 13.8 Å². The van der Waals surface area contributed by atoms with E-state index in [9.17, 15) is 0 Å². The van der Waals surface area contributed by atoms with Crippen molar-refractivity contribution >= 4 is 0 Å². The molecule has 10 aliphatic rings. The highest BCUT2D eigenvalue weighted by Crippen LogP contribution is 2.62. The zero-order valence-electron chi connectivity index (χ0n) is 29.1. The van der Waals surface area contributed by atoms with E-state index in [1.165, 1.54) is 12.8 Å². The van der Waals surface area contributed by atoms with Crippen molar-refractivity contribution in [1.82, 2.24) is 0 Å². The second kappa shape index (κ2) is 11.3. The van der Waals surface area contributed by atoms with Crippen LogP contribution in [0, 0.1) is 47.3 Å². The van der Waals surface area contributed by atoms with Gasteiger partial charge in [0.25, 0.3) is 0 Å². The Balaban J connectivity index is 0.902. The van der Waals surface area contributed by atoms with Gasteiger partial charge in [0.05, 0.1) is 12.2 Å². The fraction of sp³-hybridized carbons (Fsp3) is 0.895. The molecule has 0 aromatic rings. The molecule has 0 radical (unpaired) electrons. The molecule has 46 heavy (non-hydrogen) atoms. The van der Waals surface area contributed by atoms with Gasteiger partial charge in [0.2, 0.25) is 11.6 Å². The number of fused-ring (bicyclic) bond motifs is 4. The summed E-state index contributed by atoms with van der Waals surface area (Å²) in [6, 6.07) is 0. The van der Waals surface area contributed by atoms with Gasteiger partial charge in [-0.25, -0.2) is 19.6 Å². The smallest absolute Gasteiger partial charge is 0.201 e. The summed E-state index contributed by atoms with van der Waals surface area (Å²) in [5.74, 6) is 1.82. The van der Waals surface area contributed by atoms with Crippen molar-refractivity contribution in [2.24, 2.45) is 47.3 Å².